The van der Waals surface area contributed by atoms with E-state index in [-0.39, 0.29) is 26.8 Å². The van der Waals surface area contributed by atoms with Crippen molar-refractivity contribution in [2.75, 3.05) is 5.73 Å². The number of hydrogen-bond acceptors (Lipinski definition) is 11. The van der Waals surface area contributed by atoms with Gasteiger partial charge in [0.2, 0.25) is 5.56 Å². The SMILES string of the molecule is Cc1sc2nc(-c3c(C)c(C)c(C)c([N+](=O)[O-])c3C)c(-c3cc[nH]c(=O)c3)n2c1C.Cc1sc2nc(-c3c(C)c(C)c(C)c([N+](=O)[O-])c3C)c(-c3ccnc(N)c3)n2c1C. The number of hydrogen-bond donors (Lipinski definition) is 2. The first kappa shape index (κ1) is 41.6. The molecule has 0 atom stereocenters. The minimum Gasteiger partial charge on any atom is -0.384 e. The number of aryl methyl sites for hydroxylation is 4. The van der Waals surface area contributed by atoms with Gasteiger partial charge in [0, 0.05) is 84.1 Å². The Hall–Kier alpha value is -6.52. The number of rotatable bonds is 6. The van der Waals surface area contributed by atoms with Gasteiger partial charge in [-0.15, -0.1) is 22.7 Å². The monoisotopic (exact) mass is 843 g/mol. The van der Waals surface area contributed by atoms with Gasteiger partial charge in [-0.3, -0.25) is 33.8 Å². The Labute approximate surface area is 353 Å². The predicted octanol–water partition coefficient (Wildman–Crippen LogP) is 10.6. The minimum absolute atomic E-state index is 0.120. The van der Waals surface area contributed by atoms with Crippen LogP contribution in [0.15, 0.2) is 41.5 Å². The third-order valence-electron chi connectivity index (χ3n) is 12.0. The minimum atomic E-state index is -0.318. The molecule has 0 saturated heterocycles. The van der Waals surface area contributed by atoms with E-state index in [2.05, 4.69) is 28.2 Å². The van der Waals surface area contributed by atoms with Gasteiger partial charge in [0.05, 0.1) is 32.6 Å². The van der Waals surface area contributed by atoms with Crippen LogP contribution in [0.1, 0.15) is 65.6 Å². The van der Waals surface area contributed by atoms with Crippen LogP contribution < -0.4 is 11.3 Å². The van der Waals surface area contributed by atoms with Gasteiger partial charge >= 0.3 is 0 Å². The van der Waals surface area contributed by atoms with E-state index in [1.54, 1.807) is 61.9 Å². The maximum absolute atomic E-state index is 12.1. The molecule has 2 aromatic carbocycles. The van der Waals surface area contributed by atoms with Crippen molar-refractivity contribution in [2.24, 2.45) is 0 Å². The molecule has 0 bridgehead atoms. The van der Waals surface area contributed by atoms with E-state index in [4.69, 9.17) is 15.7 Å². The van der Waals surface area contributed by atoms with Gasteiger partial charge in [0.15, 0.2) is 9.92 Å². The molecular formula is C44H45N9O5S2. The molecule has 0 aliphatic carbocycles. The summed E-state index contributed by atoms with van der Waals surface area (Å²) in [6, 6.07) is 7.09. The fourth-order valence-corrected chi connectivity index (χ4v) is 10.2. The molecule has 0 aliphatic heterocycles. The highest BCUT2D eigenvalue weighted by Gasteiger charge is 2.30. The molecule has 8 aromatic rings. The van der Waals surface area contributed by atoms with Crippen molar-refractivity contribution in [2.45, 2.75) is 83.1 Å². The average Bonchev–Trinajstić information content (AvgIpc) is 3.88. The summed E-state index contributed by atoms with van der Waals surface area (Å²) in [5.74, 6) is 0.414. The topological polar surface area (TPSA) is 193 Å². The number of imidazole rings is 2. The number of aromatic nitrogens is 6. The van der Waals surface area contributed by atoms with E-state index in [1.807, 2.05) is 71.1 Å². The fourth-order valence-electron chi connectivity index (χ4n) is 8.28. The Morgan fingerprint density at radius 2 is 1.05 bits per heavy atom. The second-order valence-corrected chi connectivity index (χ2v) is 17.6. The molecule has 3 N–H and O–H groups in total. The van der Waals surface area contributed by atoms with Gasteiger partial charge in [-0.05, 0) is 124 Å². The third-order valence-corrected chi connectivity index (χ3v) is 14.1. The Balaban J connectivity index is 0.000000181. The van der Waals surface area contributed by atoms with Gasteiger partial charge in [-0.25, -0.2) is 15.0 Å². The lowest BCUT2D eigenvalue weighted by Crippen LogP contribution is -2.05. The highest BCUT2D eigenvalue weighted by Crippen LogP contribution is 2.45. The first-order valence-corrected chi connectivity index (χ1v) is 20.8. The smallest absolute Gasteiger partial charge is 0.276 e. The zero-order valence-electron chi connectivity index (χ0n) is 35.5. The molecule has 6 aromatic heterocycles. The molecule has 16 heteroatoms. The number of fused-ring (bicyclic) bond motifs is 2. The van der Waals surface area contributed by atoms with Crippen LogP contribution in [0.25, 0.3) is 55.0 Å². The van der Waals surface area contributed by atoms with Crippen LogP contribution in [0, 0.1) is 103 Å². The molecule has 60 heavy (non-hydrogen) atoms. The molecular weight excluding hydrogens is 799 g/mol. The van der Waals surface area contributed by atoms with Gasteiger partial charge in [-0.2, -0.15) is 0 Å². The second-order valence-electron chi connectivity index (χ2n) is 15.2. The van der Waals surface area contributed by atoms with E-state index in [1.165, 1.54) is 4.88 Å². The Kier molecular flexibility index (Phi) is 10.6. The highest BCUT2D eigenvalue weighted by atomic mass is 32.1. The molecule has 8 rings (SSSR count). The molecule has 0 amide bonds. The number of nitrogen functional groups attached to an aromatic ring is 1. The fraction of sp³-hybridized carbons (Fsp3) is 0.273. The largest absolute Gasteiger partial charge is 0.384 e. The number of nitrogens with two attached hydrogens (primary N) is 1. The number of nitro benzene ring substituents is 2. The predicted molar refractivity (Wildman–Crippen MR) is 241 cm³/mol. The summed E-state index contributed by atoms with van der Waals surface area (Å²) in [5, 5.41) is 23.7. The molecule has 0 unspecified atom stereocenters. The number of anilines is 1. The molecule has 308 valence electrons. The molecule has 0 radical (unpaired) electrons. The maximum Gasteiger partial charge on any atom is 0.276 e. The van der Waals surface area contributed by atoms with Crippen LogP contribution in [0.5, 0.6) is 0 Å². The molecule has 6 heterocycles. The van der Waals surface area contributed by atoms with Crippen molar-refractivity contribution in [3.05, 3.63) is 133 Å². The quantitative estimate of drug-likeness (QED) is 0.121. The summed E-state index contributed by atoms with van der Waals surface area (Å²) < 4.78 is 4.16. The number of H-pyrrole nitrogens is 1. The third kappa shape index (κ3) is 6.55. The lowest BCUT2D eigenvalue weighted by atomic mass is 9.89. The van der Waals surface area contributed by atoms with Crippen LogP contribution in [0.4, 0.5) is 17.2 Å². The summed E-state index contributed by atoms with van der Waals surface area (Å²) in [7, 11) is 0. The zero-order valence-corrected chi connectivity index (χ0v) is 37.2. The van der Waals surface area contributed by atoms with E-state index >= 15 is 0 Å². The van der Waals surface area contributed by atoms with Crippen molar-refractivity contribution in [3.63, 3.8) is 0 Å². The van der Waals surface area contributed by atoms with E-state index in [0.717, 1.165) is 87.8 Å². The van der Waals surface area contributed by atoms with Gasteiger partial charge < -0.3 is 10.7 Å². The van der Waals surface area contributed by atoms with Crippen molar-refractivity contribution >= 4 is 49.8 Å². The zero-order chi connectivity index (χ0) is 43.8. The van der Waals surface area contributed by atoms with Crippen LogP contribution in [0.2, 0.25) is 0 Å². The van der Waals surface area contributed by atoms with Crippen molar-refractivity contribution in [1.29, 1.82) is 0 Å². The normalized spacial score (nSPS) is 11.4. The Morgan fingerprint density at radius 1 is 0.617 bits per heavy atom. The number of nitrogens with zero attached hydrogens (tertiary/aromatic N) is 7. The molecule has 0 aliphatic rings. The van der Waals surface area contributed by atoms with Crippen molar-refractivity contribution in [3.8, 4) is 45.0 Å². The number of nitrogens with one attached hydrogen (secondary N) is 1. The summed E-state index contributed by atoms with van der Waals surface area (Å²) in [6.07, 6.45) is 3.28. The number of pyridine rings is 2. The lowest BCUT2D eigenvalue weighted by molar-refractivity contribution is -0.386. The summed E-state index contributed by atoms with van der Waals surface area (Å²) in [4.78, 5) is 55.8. The van der Waals surface area contributed by atoms with Gasteiger partial charge in [0.25, 0.3) is 11.4 Å². The second kappa shape index (κ2) is 15.3. The molecule has 0 spiro atoms. The number of benzene rings is 2. The maximum atomic E-state index is 12.1. The number of thiazole rings is 2. The average molecular weight is 844 g/mol. The molecule has 14 nitrogen and oxygen atoms in total. The summed E-state index contributed by atoms with van der Waals surface area (Å²) in [6.45, 7) is 23.2. The number of aromatic amines is 1. The number of nitro groups is 2. The highest BCUT2D eigenvalue weighted by molar-refractivity contribution is 7.17. The standard InChI is InChI=1S/C22H23N5O2S.C22H22N4O3S/c1-10-11(2)18(13(4)20(12(10)3)27(28)29)19-21(16-7-8-24-17(23)9-16)26-14(5)15(6)30-22(26)25-19;1-10-11(2)18(13(4)20(12(10)3)26(28)29)19-21(16-7-8-23-17(27)9-16)25-14(5)15(6)30-22(25)24-19/h7-9H,1-6H3,(H2,23,24);7-9H,1-6H3,(H,23,27). The lowest BCUT2D eigenvalue weighted by Gasteiger charge is -2.16. The Bertz CT molecular complexity index is 3180. The van der Waals surface area contributed by atoms with Crippen molar-refractivity contribution in [1.82, 2.24) is 28.7 Å². The van der Waals surface area contributed by atoms with E-state index in [0.29, 0.717) is 33.8 Å². The van der Waals surface area contributed by atoms with Crippen LogP contribution in [-0.4, -0.2) is 38.6 Å². The van der Waals surface area contributed by atoms with E-state index < -0.39 is 0 Å². The van der Waals surface area contributed by atoms with Crippen LogP contribution >= 0.6 is 22.7 Å². The van der Waals surface area contributed by atoms with Crippen LogP contribution in [0.3, 0.4) is 0 Å². The molecule has 0 saturated carbocycles. The first-order chi connectivity index (χ1) is 28.3. The van der Waals surface area contributed by atoms with Crippen molar-refractivity contribution < 1.29 is 9.85 Å². The summed E-state index contributed by atoms with van der Waals surface area (Å²) in [5.41, 5.74) is 20.7. The van der Waals surface area contributed by atoms with E-state index in [9.17, 15) is 25.0 Å². The Morgan fingerprint density at radius 3 is 1.45 bits per heavy atom. The molecule has 0 fully saturated rings. The van der Waals surface area contributed by atoms with Gasteiger partial charge in [-0.1, -0.05) is 0 Å². The van der Waals surface area contributed by atoms with Gasteiger partial charge in [0.1, 0.15) is 5.82 Å². The van der Waals surface area contributed by atoms with Crippen LogP contribution in [-0.2, 0) is 0 Å². The summed E-state index contributed by atoms with van der Waals surface area (Å²) >= 11 is 3.18. The first-order valence-electron chi connectivity index (χ1n) is 19.1.